The van der Waals surface area contributed by atoms with E-state index in [4.69, 9.17) is 0 Å². The maximum atomic E-state index is 12.8. The maximum absolute atomic E-state index is 12.8. The standard InChI is InChI=1S/C17H20O4S2/c1-4-17(22(18,19)15-9-5-13(2)6-10-15)23(20,21)16-11-7-14(3)8-12-16/h5-12,17H,4H2,1-3H3. The topological polar surface area (TPSA) is 68.3 Å². The number of sulfone groups is 2. The Morgan fingerprint density at radius 2 is 1.00 bits per heavy atom. The molecule has 6 heteroatoms. The molecule has 0 aliphatic rings. The summed E-state index contributed by atoms with van der Waals surface area (Å²) in [6.07, 6.45) is -0.00752. The van der Waals surface area contributed by atoms with Crippen LogP contribution in [0.5, 0.6) is 0 Å². The molecule has 0 saturated heterocycles. The summed E-state index contributed by atoms with van der Waals surface area (Å²) in [6, 6.07) is 12.5. The summed E-state index contributed by atoms with van der Waals surface area (Å²) in [7, 11) is -7.94. The second kappa shape index (κ2) is 6.45. The molecule has 2 aromatic rings. The molecule has 0 radical (unpaired) electrons. The van der Waals surface area contributed by atoms with Crippen molar-refractivity contribution in [1.29, 1.82) is 0 Å². The first-order valence-electron chi connectivity index (χ1n) is 7.30. The summed E-state index contributed by atoms with van der Waals surface area (Å²) in [6.45, 7) is 5.26. The summed E-state index contributed by atoms with van der Waals surface area (Å²) in [5.74, 6) is 0. The Kier molecular flexibility index (Phi) is 4.96. The summed E-state index contributed by atoms with van der Waals surface area (Å²) in [4.78, 5) is 0.0660. The molecule has 0 spiro atoms. The molecule has 0 heterocycles. The number of benzene rings is 2. The lowest BCUT2D eigenvalue weighted by Gasteiger charge is -2.17. The Bertz CT molecular complexity index is 803. The van der Waals surface area contributed by atoms with Crippen LogP contribution in [0.4, 0.5) is 0 Å². The van der Waals surface area contributed by atoms with Crippen LogP contribution >= 0.6 is 0 Å². The van der Waals surface area contributed by atoms with Crippen LogP contribution in [0.3, 0.4) is 0 Å². The van der Waals surface area contributed by atoms with E-state index in [1.807, 2.05) is 13.8 Å². The molecule has 0 aromatic heterocycles. The predicted octanol–water partition coefficient (Wildman–Crippen LogP) is 3.29. The van der Waals surface area contributed by atoms with Crippen LogP contribution < -0.4 is 0 Å². The summed E-state index contributed by atoms with van der Waals surface area (Å²) >= 11 is 0. The van der Waals surface area contributed by atoms with E-state index in [1.165, 1.54) is 24.3 Å². The zero-order valence-corrected chi connectivity index (χ0v) is 15.0. The van der Waals surface area contributed by atoms with Gasteiger partial charge in [-0.15, -0.1) is 0 Å². The first kappa shape index (κ1) is 17.7. The van der Waals surface area contributed by atoms with E-state index in [-0.39, 0.29) is 16.2 Å². The lowest BCUT2D eigenvalue weighted by atomic mass is 10.2. The number of aryl methyl sites for hydroxylation is 2. The van der Waals surface area contributed by atoms with Crippen molar-refractivity contribution in [2.45, 2.75) is 41.6 Å². The zero-order valence-electron chi connectivity index (χ0n) is 13.4. The molecule has 0 N–H and O–H groups in total. The minimum Gasteiger partial charge on any atom is -0.222 e. The Labute approximate surface area is 138 Å². The molecule has 0 atom stereocenters. The van der Waals surface area contributed by atoms with E-state index in [0.717, 1.165) is 11.1 Å². The molecular weight excluding hydrogens is 332 g/mol. The zero-order chi connectivity index (χ0) is 17.3. The average Bonchev–Trinajstić information content (AvgIpc) is 2.48. The Hall–Kier alpha value is -1.66. The summed E-state index contributed by atoms with van der Waals surface area (Å²) in [5, 5.41) is 0. The second-order valence-electron chi connectivity index (χ2n) is 5.55. The molecule has 0 unspecified atom stereocenters. The fraction of sp³-hybridized carbons (Fsp3) is 0.294. The third kappa shape index (κ3) is 3.48. The van der Waals surface area contributed by atoms with Gasteiger partial charge >= 0.3 is 0 Å². The van der Waals surface area contributed by atoms with Gasteiger partial charge in [-0.05, 0) is 44.5 Å². The van der Waals surface area contributed by atoms with E-state index < -0.39 is 24.3 Å². The van der Waals surface area contributed by atoms with Crippen molar-refractivity contribution in [1.82, 2.24) is 0 Å². The van der Waals surface area contributed by atoms with Crippen molar-refractivity contribution in [2.75, 3.05) is 0 Å². The Balaban J connectivity index is 2.53. The van der Waals surface area contributed by atoms with Gasteiger partial charge in [-0.3, -0.25) is 0 Å². The van der Waals surface area contributed by atoms with Crippen LogP contribution in [0.25, 0.3) is 0 Å². The van der Waals surface area contributed by atoms with Gasteiger partial charge in [0.1, 0.15) is 0 Å². The van der Waals surface area contributed by atoms with E-state index in [1.54, 1.807) is 31.2 Å². The van der Waals surface area contributed by atoms with Gasteiger partial charge < -0.3 is 0 Å². The van der Waals surface area contributed by atoms with Gasteiger partial charge in [-0.2, -0.15) is 0 Å². The van der Waals surface area contributed by atoms with Gasteiger partial charge in [-0.25, -0.2) is 16.8 Å². The highest BCUT2D eigenvalue weighted by molar-refractivity contribution is 8.09. The molecule has 0 amide bonds. The molecular formula is C17H20O4S2. The van der Waals surface area contributed by atoms with Crippen molar-refractivity contribution < 1.29 is 16.8 Å². The normalized spacial score (nSPS) is 12.5. The van der Waals surface area contributed by atoms with Crippen LogP contribution in [-0.4, -0.2) is 21.4 Å². The van der Waals surface area contributed by atoms with Gasteiger partial charge in [-0.1, -0.05) is 42.3 Å². The molecule has 0 bridgehead atoms. The minimum atomic E-state index is -3.97. The summed E-state index contributed by atoms with van der Waals surface area (Å²) in [5.41, 5.74) is 1.83. The average molecular weight is 352 g/mol. The molecule has 2 rings (SSSR count). The third-order valence-corrected chi connectivity index (χ3v) is 9.15. The van der Waals surface area contributed by atoms with E-state index in [2.05, 4.69) is 0 Å². The van der Waals surface area contributed by atoms with Crippen molar-refractivity contribution in [3.8, 4) is 0 Å². The van der Waals surface area contributed by atoms with Crippen LogP contribution in [0.2, 0.25) is 0 Å². The molecule has 23 heavy (non-hydrogen) atoms. The van der Waals surface area contributed by atoms with Crippen LogP contribution in [0.1, 0.15) is 24.5 Å². The van der Waals surface area contributed by atoms with Crippen molar-refractivity contribution in [3.05, 3.63) is 59.7 Å². The monoisotopic (exact) mass is 352 g/mol. The SMILES string of the molecule is CCC(S(=O)(=O)c1ccc(C)cc1)S(=O)(=O)c1ccc(C)cc1. The minimum absolute atomic E-state index is 0.00752. The largest absolute Gasteiger partial charge is 0.222 e. The van der Waals surface area contributed by atoms with Gasteiger partial charge in [0, 0.05) is 0 Å². The van der Waals surface area contributed by atoms with Crippen LogP contribution in [0.15, 0.2) is 58.3 Å². The predicted molar refractivity (Wildman–Crippen MR) is 90.8 cm³/mol. The van der Waals surface area contributed by atoms with Crippen molar-refractivity contribution in [3.63, 3.8) is 0 Å². The lowest BCUT2D eigenvalue weighted by Crippen LogP contribution is -2.30. The van der Waals surface area contributed by atoms with Gasteiger partial charge in [0.2, 0.25) is 0 Å². The van der Waals surface area contributed by atoms with Crippen molar-refractivity contribution in [2.24, 2.45) is 0 Å². The molecule has 124 valence electrons. The molecule has 0 aliphatic heterocycles. The highest BCUT2D eigenvalue weighted by atomic mass is 32.3. The first-order valence-corrected chi connectivity index (χ1v) is 10.4. The third-order valence-electron chi connectivity index (χ3n) is 3.72. The van der Waals surface area contributed by atoms with E-state index >= 15 is 0 Å². The second-order valence-corrected chi connectivity index (χ2v) is 10.1. The van der Waals surface area contributed by atoms with Crippen LogP contribution in [-0.2, 0) is 19.7 Å². The highest BCUT2D eigenvalue weighted by Gasteiger charge is 2.38. The fourth-order valence-electron chi connectivity index (χ4n) is 2.37. The smallest absolute Gasteiger partial charge is 0.195 e. The van der Waals surface area contributed by atoms with Crippen molar-refractivity contribution >= 4 is 19.7 Å². The Morgan fingerprint density at radius 1 is 0.696 bits per heavy atom. The summed E-state index contributed by atoms with van der Waals surface area (Å²) < 4.78 is 49.6. The molecule has 4 nitrogen and oxygen atoms in total. The van der Waals surface area contributed by atoms with Crippen LogP contribution in [0, 0.1) is 13.8 Å². The van der Waals surface area contributed by atoms with E-state index in [0.29, 0.717) is 0 Å². The number of rotatable bonds is 5. The maximum Gasteiger partial charge on any atom is 0.195 e. The highest BCUT2D eigenvalue weighted by Crippen LogP contribution is 2.28. The molecule has 0 fully saturated rings. The van der Waals surface area contributed by atoms with Gasteiger partial charge in [0.25, 0.3) is 0 Å². The Morgan fingerprint density at radius 3 is 1.26 bits per heavy atom. The number of hydrogen-bond acceptors (Lipinski definition) is 4. The van der Waals surface area contributed by atoms with Gasteiger partial charge in [0.05, 0.1) is 9.79 Å². The molecule has 0 aliphatic carbocycles. The van der Waals surface area contributed by atoms with Gasteiger partial charge in [0.15, 0.2) is 24.3 Å². The lowest BCUT2D eigenvalue weighted by molar-refractivity contribution is 0.572. The number of hydrogen-bond donors (Lipinski definition) is 0. The van der Waals surface area contributed by atoms with E-state index in [9.17, 15) is 16.8 Å². The molecule has 2 aromatic carbocycles. The molecule has 0 saturated carbocycles. The fourth-order valence-corrected chi connectivity index (χ4v) is 6.88. The quantitative estimate of drug-likeness (QED) is 0.828. The first-order chi connectivity index (χ1) is 10.7.